The quantitative estimate of drug-likeness (QED) is 0.224. The molecule has 0 bridgehead atoms. The predicted octanol–water partition coefficient (Wildman–Crippen LogP) is 5.80. The molecule has 0 N–H and O–H groups in total. The van der Waals surface area contributed by atoms with Gasteiger partial charge in [0.05, 0.1) is 17.6 Å². The molecule has 1 heterocycles. The van der Waals surface area contributed by atoms with Gasteiger partial charge in [-0.05, 0) is 61.0 Å². The van der Waals surface area contributed by atoms with Crippen LogP contribution in [0.5, 0.6) is 5.75 Å². The fourth-order valence-corrected chi connectivity index (χ4v) is 3.61. The summed E-state index contributed by atoms with van der Waals surface area (Å²) >= 11 is 3.35. The Kier molecular flexibility index (Phi) is 6.88. The third-order valence-electron chi connectivity index (χ3n) is 4.99. The largest absolute Gasteiger partial charge is 0.485 e. The Balaban J connectivity index is 1.71. The van der Waals surface area contributed by atoms with Crippen molar-refractivity contribution in [3.63, 3.8) is 0 Å². The lowest BCUT2D eigenvalue weighted by atomic mass is 10.0. The van der Waals surface area contributed by atoms with E-state index in [1.54, 1.807) is 31.2 Å². The average Bonchev–Trinajstić information content (AvgIpc) is 2.83. The first-order chi connectivity index (χ1) is 16.4. The molecular weight excluding hydrogens is 507 g/mol. The summed E-state index contributed by atoms with van der Waals surface area (Å²) in [4.78, 5) is 38.2. The van der Waals surface area contributed by atoms with Gasteiger partial charge in [-0.15, -0.1) is 0 Å². The summed E-state index contributed by atoms with van der Waals surface area (Å²) in [6.45, 7) is 1.46. The van der Waals surface area contributed by atoms with Gasteiger partial charge in [-0.1, -0.05) is 28.1 Å². The third kappa shape index (κ3) is 4.92. The first-order valence-electron chi connectivity index (χ1n) is 10.3. The van der Waals surface area contributed by atoms with Gasteiger partial charge in [-0.3, -0.25) is 9.59 Å². The second-order valence-corrected chi connectivity index (χ2v) is 8.16. The van der Waals surface area contributed by atoms with Gasteiger partial charge in [0.1, 0.15) is 17.1 Å². The summed E-state index contributed by atoms with van der Waals surface area (Å²) in [5.74, 6) is -1.52. The normalized spacial score (nSPS) is 10.8. The fourth-order valence-electron chi connectivity index (χ4n) is 3.35. The number of carbonyl (C=O) groups excluding carboxylic acids is 2. The van der Waals surface area contributed by atoms with Crippen LogP contribution in [0, 0.1) is 5.82 Å². The smallest absolute Gasteiger partial charge is 0.375 e. The zero-order chi connectivity index (χ0) is 24.2. The first-order valence-corrected chi connectivity index (χ1v) is 11.1. The lowest BCUT2D eigenvalue weighted by Gasteiger charge is -2.11. The van der Waals surface area contributed by atoms with E-state index >= 15 is 0 Å². The Morgan fingerprint density at radius 2 is 1.71 bits per heavy atom. The fraction of sp³-hybridized carbons (Fsp3) is 0.115. The van der Waals surface area contributed by atoms with E-state index in [4.69, 9.17) is 13.9 Å². The number of ketones is 1. The zero-order valence-corrected chi connectivity index (χ0v) is 19.6. The third-order valence-corrected chi connectivity index (χ3v) is 5.52. The highest BCUT2D eigenvalue weighted by Gasteiger charge is 2.23. The van der Waals surface area contributed by atoms with Crippen molar-refractivity contribution in [2.75, 3.05) is 13.2 Å². The summed E-state index contributed by atoms with van der Waals surface area (Å²) in [6, 6.07) is 16.5. The molecular formula is C26H18BrFO6. The number of hydrogen-bond donors (Lipinski definition) is 0. The Labute approximate surface area is 202 Å². The van der Waals surface area contributed by atoms with E-state index in [2.05, 4.69) is 15.9 Å². The van der Waals surface area contributed by atoms with Crippen LogP contribution in [0.4, 0.5) is 4.39 Å². The number of Topliss-reactive ketones (excluding diaryl/α,β-unsaturated/α-hetero) is 1. The van der Waals surface area contributed by atoms with E-state index in [0.29, 0.717) is 11.1 Å². The Bertz CT molecular complexity index is 1430. The van der Waals surface area contributed by atoms with Gasteiger partial charge in [-0.2, -0.15) is 0 Å². The van der Waals surface area contributed by atoms with E-state index < -0.39 is 17.2 Å². The molecule has 0 fully saturated rings. The van der Waals surface area contributed by atoms with Gasteiger partial charge < -0.3 is 13.9 Å². The maximum atomic E-state index is 13.3. The molecule has 0 spiro atoms. The maximum Gasteiger partial charge on any atom is 0.375 e. The first kappa shape index (κ1) is 23.4. The molecule has 1 aromatic heterocycles. The zero-order valence-electron chi connectivity index (χ0n) is 18.0. The molecule has 4 aromatic rings. The highest BCUT2D eigenvalue weighted by atomic mass is 79.9. The number of esters is 1. The Hall–Kier alpha value is -3.78. The number of ether oxygens (including phenoxy) is 2. The minimum absolute atomic E-state index is 0.0959. The van der Waals surface area contributed by atoms with Crippen LogP contribution in [0.25, 0.3) is 22.1 Å². The van der Waals surface area contributed by atoms with Crippen LogP contribution < -0.4 is 10.2 Å². The minimum atomic E-state index is -0.766. The summed E-state index contributed by atoms with van der Waals surface area (Å²) in [7, 11) is 0. The Morgan fingerprint density at radius 1 is 1.00 bits per heavy atom. The molecule has 172 valence electrons. The van der Waals surface area contributed by atoms with Gasteiger partial charge in [-0.25, -0.2) is 9.18 Å². The highest BCUT2D eigenvalue weighted by molar-refractivity contribution is 9.10. The molecule has 0 atom stereocenters. The van der Waals surface area contributed by atoms with Gasteiger partial charge >= 0.3 is 5.97 Å². The van der Waals surface area contributed by atoms with Crippen molar-refractivity contribution in [3.05, 3.63) is 98.6 Å². The number of fused-ring (bicyclic) bond motifs is 1. The van der Waals surface area contributed by atoms with E-state index in [1.165, 1.54) is 42.5 Å². The summed E-state index contributed by atoms with van der Waals surface area (Å²) in [6.07, 6.45) is 0. The van der Waals surface area contributed by atoms with Gasteiger partial charge in [0.25, 0.3) is 0 Å². The van der Waals surface area contributed by atoms with Gasteiger partial charge in [0.15, 0.2) is 12.4 Å². The van der Waals surface area contributed by atoms with Crippen LogP contribution in [0.3, 0.4) is 0 Å². The van der Waals surface area contributed by atoms with E-state index in [1.807, 2.05) is 0 Å². The molecule has 0 unspecified atom stereocenters. The van der Waals surface area contributed by atoms with Gasteiger partial charge in [0.2, 0.25) is 11.2 Å². The molecule has 0 saturated carbocycles. The highest BCUT2D eigenvalue weighted by Crippen LogP contribution is 2.28. The van der Waals surface area contributed by atoms with Crippen LogP contribution in [0.1, 0.15) is 27.8 Å². The molecule has 4 rings (SSSR count). The van der Waals surface area contributed by atoms with Crippen LogP contribution in [0.2, 0.25) is 0 Å². The SMILES string of the molecule is CCOC(=O)c1oc2cc(OCC(=O)c3ccc(F)cc3)ccc2c(=O)c1-c1ccc(Br)cc1. The van der Waals surface area contributed by atoms with Crippen LogP contribution >= 0.6 is 15.9 Å². The molecule has 0 aliphatic carbocycles. The molecule has 0 saturated heterocycles. The average molecular weight is 525 g/mol. The second kappa shape index (κ2) is 10.0. The molecule has 8 heteroatoms. The van der Waals surface area contributed by atoms with Gasteiger partial charge in [0, 0.05) is 16.1 Å². The second-order valence-electron chi connectivity index (χ2n) is 7.24. The summed E-state index contributed by atoms with van der Waals surface area (Å²) < 4.78 is 30.4. The predicted molar refractivity (Wildman–Crippen MR) is 128 cm³/mol. The molecule has 0 radical (unpaired) electrons. The minimum Gasteiger partial charge on any atom is -0.485 e. The summed E-state index contributed by atoms with van der Waals surface area (Å²) in [5, 5.41) is 0.239. The lowest BCUT2D eigenvalue weighted by Crippen LogP contribution is -2.15. The standard InChI is InChI=1S/C26H18BrFO6/c1-2-32-26(31)25-23(16-3-7-17(27)8-4-16)24(30)20-12-11-19(13-22(20)34-25)33-14-21(29)15-5-9-18(28)10-6-15/h3-13H,2,14H2,1H3. The lowest BCUT2D eigenvalue weighted by molar-refractivity contribution is 0.0492. The molecule has 0 aliphatic rings. The Morgan fingerprint density at radius 3 is 2.38 bits per heavy atom. The van der Waals surface area contributed by atoms with Crippen molar-refractivity contribution in [3.8, 4) is 16.9 Å². The van der Waals surface area contributed by atoms with Crippen molar-refractivity contribution in [1.82, 2.24) is 0 Å². The van der Waals surface area contributed by atoms with Crippen molar-refractivity contribution < 1.29 is 27.9 Å². The summed E-state index contributed by atoms with van der Waals surface area (Å²) in [5.41, 5.74) is 0.615. The molecule has 0 aliphatic heterocycles. The van der Waals surface area contributed by atoms with Crippen molar-refractivity contribution in [2.24, 2.45) is 0 Å². The van der Waals surface area contributed by atoms with E-state index in [-0.39, 0.29) is 47.0 Å². The number of halogens is 2. The number of hydrogen-bond acceptors (Lipinski definition) is 6. The van der Waals surface area contributed by atoms with Crippen molar-refractivity contribution >= 4 is 38.7 Å². The van der Waals surface area contributed by atoms with Crippen LogP contribution in [-0.4, -0.2) is 25.0 Å². The molecule has 3 aromatic carbocycles. The maximum absolute atomic E-state index is 13.3. The van der Waals surface area contributed by atoms with Crippen molar-refractivity contribution in [1.29, 1.82) is 0 Å². The number of benzene rings is 3. The number of rotatable bonds is 7. The van der Waals surface area contributed by atoms with Crippen LogP contribution in [-0.2, 0) is 4.74 Å². The van der Waals surface area contributed by atoms with Crippen LogP contribution in [0.15, 0.2) is 80.4 Å². The van der Waals surface area contributed by atoms with Crippen molar-refractivity contribution in [2.45, 2.75) is 6.92 Å². The topological polar surface area (TPSA) is 82.8 Å². The molecule has 34 heavy (non-hydrogen) atoms. The molecule has 6 nitrogen and oxygen atoms in total. The van der Waals surface area contributed by atoms with E-state index in [0.717, 1.165) is 4.47 Å². The van der Waals surface area contributed by atoms with E-state index in [9.17, 15) is 18.8 Å². The number of carbonyl (C=O) groups is 2. The molecule has 0 amide bonds. The monoisotopic (exact) mass is 524 g/mol.